The second kappa shape index (κ2) is 9.59. The number of aromatic amines is 1. The van der Waals surface area contributed by atoms with Crippen LogP contribution >= 0.6 is 11.3 Å². The minimum absolute atomic E-state index is 0. The van der Waals surface area contributed by atoms with E-state index in [4.69, 9.17) is 9.97 Å². The number of rotatable bonds is 4. The number of para-hydroxylation sites is 1. The van der Waals surface area contributed by atoms with Gasteiger partial charge in [0.15, 0.2) is 0 Å². The van der Waals surface area contributed by atoms with Crippen molar-refractivity contribution < 1.29 is 14.0 Å². The van der Waals surface area contributed by atoms with Crippen LogP contribution in [0, 0.1) is 0 Å². The van der Waals surface area contributed by atoms with Gasteiger partial charge in [-0.1, -0.05) is 25.6 Å². The van der Waals surface area contributed by atoms with E-state index < -0.39 is 18.0 Å². The van der Waals surface area contributed by atoms with Crippen LogP contribution < -0.4 is 10.2 Å². The Morgan fingerprint density at radius 3 is 2.58 bits per heavy atom. The topological polar surface area (TPSA) is 94.2 Å². The van der Waals surface area contributed by atoms with E-state index in [1.807, 2.05) is 40.6 Å². The second-order valence-corrected chi connectivity index (χ2v) is 10.8. The molecule has 2 atom stereocenters. The van der Waals surface area contributed by atoms with Crippen LogP contribution in [0.25, 0.3) is 32.3 Å². The molecule has 6 heterocycles. The van der Waals surface area contributed by atoms with Crippen LogP contribution in [0.1, 0.15) is 37.9 Å². The lowest BCUT2D eigenvalue weighted by Gasteiger charge is -2.39. The molecule has 38 heavy (non-hydrogen) atoms. The van der Waals surface area contributed by atoms with Crippen molar-refractivity contribution >= 4 is 61.4 Å². The zero-order valence-corrected chi connectivity index (χ0v) is 20.9. The number of carbonyl (C=O) groups is 2. The number of likely N-dealkylation sites (tertiary alicyclic amines) is 1. The number of fused-ring (bicyclic) bond motifs is 2. The molecule has 10 heteroatoms. The number of imide groups is 1. The van der Waals surface area contributed by atoms with E-state index in [1.54, 1.807) is 6.20 Å². The molecule has 0 saturated carbocycles. The quantitative estimate of drug-likeness (QED) is 0.379. The normalized spacial score (nSPS) is 22.5. The maximum absolute atomic E-state index is 15.4. The van der Waals surface area contributed by atoms with Crippen LogP contribution in [0.2, 0.25) is 0 Å². The van der Waals surface area contributed by atoms with Gasteiger partial charge in [-0.05, 0) is 49.9 Å². The summed E-state index contributed by atoms with van der Waals surface area (Å²) < 4.78 is 15.4. The molecule has 3 aromatic heterocycles. The van der Waals surface area contributed by atoms with Crippen molar-refractivity contribution in [2.24, 2.45) is 0 Å². The number of nitrogens with zero attached hydrogens (tertiary/aromatic N) is 4. The number of H-pyrrole nitrogens is 1. The van der Waals surface area contributed by atoms with Crippen LogP contribution in [0.3, 0.4) is 0 Å². The number of amides is 2. The molecule has 0 spiro atoms. The fraction of sp³-hybridized carbons (Fsp3) is 0.357. The van der Waals surface area contributed by atoms with E-state index >= 15 is 4.39 Å². The number of benzene rings is 1. The Hall–Kier alpha value is -3.63. The lowest BCUT2D eigenvalue weighted by Crippen LogP contribution is -2.52. The van der Waals surface area contributed by atoms with Gasteiger partial charge in [-0.3, -0.25) is 19.8 Å². The van der Waals surface area contributed by atoms with Crippen molar-refractivity contribution in [2.75, 3.05) is 31.1 Å². The maximum atomic E-state index is 15.4. The Bertz CT molecular complexity index is 1590. The monoisotopic (exact) mass is 532 g/mol. The van der Waals surface area contributed by atoms with Crippen LogP contribution in [-0.4, -0.2) is 70.1 Å². The van der Waals surface area contributed by atoms with Crippen LogP contribution in [0.5, 0.6) is 0 Å². The summed E-state index contributed by atoms with van der Waals surface area (Å²) in [5.41, 5.74) is 2.21. The van der Waals surface area contributed by atoms with E-state index in [-0.39, 0.29) is 25.6 Å². The molecule has 2 amide bonds. The summed E-state index contributed by atoms with van der Waals surface area (Å²) in [6.45, 7) is 2.74. The van der Waals surface area contributed by atoms with Gasteiger partial charge in [0, 0.05) is 35.1 Å². The van der Waals surface area contributed by atoms with Gasteiger partial charge >= 0.3 is 0 Å². The van der Waals surface area contributed by atoms with E-state index in [2.05, 4.69) is 15.2 Å². The Balaban J connectivity index is 0.00000264. The zero-order valence-electron chi connectivity index (χ0n) is 20.0. The van der Waals surface area contributed by atoms with Gasteiger partial charge in [0.25, 0.3) is 11.8 Å². The highest BCUT2D eigenvalue weighted by Crippen LogP contribution is 2.38. The molecule has 2 saturated heterocycles. The molecule has 8 nitrogen and oxygen atoms in total. The molecule has 3 aliphatic rings. The third kappa shape index (κ3) is 3.90. The number of nitrogens with one attached hydrogen (secondary N) is 2. The van der Waals surface area contributed by atoms with Gasteiger partial charge in [-0.15, -0.1) is 11.3 Å². The minimum atomic E-state index is -1.01. The third-order valence-corrected chi connectivity index (χ3v) is 8.58. The summed E-state index contributed by atoms with van der Waals surface area (Å²) in [6, 6.07) is 9.29. The van der Waals surface area contributed by atoms with E-state index in [0.717, 1.165) is 36.1 Å². The van der Waals surface area contributed by atoms with Crippen LogP contribution in [0.15, 0.2) is 41.9 Å². The largest absolute Gasteiger partial charge is 0.352 e. The fourth-order valence-corrected chi connectivity index (χ4v) is 6.72. The first-order valence-electron chi connectivity index (χ1n) is 12.6. The average molecular weight is 533 g/mol. The van der Waals surface area contributed by atoms with Gasteiger partial charge in [0.05, 0.1) is 28.9 Å². The summed E-state index contributed by atoms with van der Waals surface area (Å²) in [4.78, 5) is 44.1. The van der Waals surface area contributed by atoms with Crippen molar-refractivity contribution in [3.05, 3.63) is 53.2 Å². The van der Waals surface area contributed by atoms with E-state index in [1.165, 1.54) is 11.3 Å². The van der Waals surface area contributed by atoms with Gasteiger partial charge < -0.3 is 9.88 Å². The van der Waals surface area contributed by atoms with Crippen molar-refractivity contribution in [2.45, 2.75) is 38.9 Å². The van der Waals surface area contributed by atoms with Gasteiger partial charge in [-0.25, -0.2) is 14.4 Å². The summed E-state index contributed by atoms with van der Waals surface area (Å²) >= 11 is 1.53. The molecule has 0 unspecified atom stereocenters. The van der Waals surface area contributed by atoms with Crippen LogP contribution in [0.4, 0.5) is 10.3 Å². The molecule has 3 aliphatic heterocycles. The molecule has 7 rings (SSSR count). The van der Waals surface area contributed by atoms with Gasteiger partial charge in [-0.2, -0.15) is 0 Å². The number of hydrogen-bond donors (Lipinski definition) is 2. The predicted molar refractivity (Wildman–Crippen MR) is 149 cm³/mol. The Kier molecular flexibility index (Phi) is 6.23. The lowest BCUT2D eigenvalue weighted by atomic mass is 9.97. The maximum Gasteiger partial charge on any atom is 0.261 e. The highest BCUT2D eigenvalue weighted by atomic mass is 32.1. The number of piperidine rings is 1. The van der Waals surface area contributed by atoms with Crippen molar-refractivity contribution in [3.8, 4) is 0 Å². The average Bonchev–Trinajstić information content (AvgIpc) is 3.69. The fourth-order valence-electron chi connectivity index (χ4n) is 5.95. The first kappa shape index (κ1) is 24.7. The van der Waals surface area contributed by atoms with Gasteiger partial charge in [0.1, 0.15) is 11.0 Å². The number of thiophene rings is 1. The molecule has 4 aromatic rings. The van der Waals surface area contributed by atoms with E-state index in [0.29, 0.717) is 46.6 Å². The second-order valence-electron chi connectivity index (χ2n) is 9.85. The highest BCUT2D eigenvalue weighted by Gasteiger charge is 2.38. The number of halogens is 1. The number of hydrogen-bond acceptors (Lipinski definition) is 7. The molecule has 0 aliphatic carbocycles. The third-order valence-electron chi connectivity index (χ3n) is 7.73. The molecule has 0 bridgehead atoms. The van der Waals surface area contributed by atoms with Crippen molar-refractivity contribution in [3.63, 3.8) is 0 Å². The number of alkyl halides is 1. The summed E-state index contributed by atoms with van der Waals surface area (Å²) in [6.07, 6.45) is 3.69. The number of carbonyl (C=O) groups excluding carboxylic acids is 2. The van der Waals surface area contributed by atoms with Crippen molar-refractivity contribution in [1.82, 2.24) is 25.2 Å². The Morgan fingerprint density at radius 1 is 0.974 bits per heavy atom. The number of anilines is 1. The smallest absolute Gasteiger partial charge is 0.261 e. The number of aromatic nitrogens is 3. The van der Waals surface area contributed by atoms with Gasteiger partial charge in [0.2, 0.25) is 5.95 Å². The minimum Gasteiger partial charge on any atom is -0.352 e. The molecule has 196 valence electrons. The lowest BCUT2D eigenvalue weighted by molar-refractivity contribution is -0.122. The molecule has 2 N–H and O–H groups in total. The standard InChI is InChI=1S/C27H25FN6O2S.CH4/c28-18-14-34(11-7-20(18)33-9-3-4-10-33)27-30-19-6-2-1-5-16(19)23(31-27)22-21(24(35)32-25(22)36)17-13-29-26-15(17)8-12-37-26;/h1-2,5-6,8,12-13,18,20,29H,3-4,7,9-11,14H2,(H,32,35,36);1H4/t18-,20-;/m1./s1. The molecular formula is C28H29FN6O2S. The van der Waals surface area contributed by atoms with Crippen molar-refractivity contribution in [1.29, 1.82) is 0 Å². The first-order valence-corrected chi connectivity index (χ1v) is 13.5. The molecule has 1 aromatic carbocycles. The Labute approximate surface area is 223 Å². The SMILES string of the molecule is C.O=C1NC(=O)C(c2c[nH]c3sccc23)=C1c1nc(N2CC[C@@H](N3CCCC3)[C@H](F)C2)nc2ccccc12. The highest BCUT2D eigenvalue weighted by molar-refractivity contribution is 7.16. The van der Waals surface area contributed by atoms with E-state index in [9.17, 15) is 9.59 Å². The molecule has 2 fully saturated rings. The van der Waals surface area contributed by atoms with Crippen LogP contribution in [-0.2, 0) is 9.59 Å². The molecule has 0 radical (unpaired) electrons. The predicted octanol–water partition coefficient (Wildman–Crippen LogP) is 4.39. The first-order chi connectivity index (χ1) is 18.1. The molecular weight excluding hydrogens is 503 g/mol. The zero-order chi connectivity index (χ0) is 25.1. The summed E-state index contributed by atoms with van der Waals surface area (Å²) in [5, 5.41) is 5.96. The Morgan fingerprint density at radius 2 is 1.76 bits per heavy atom. The summed E-state index contributed by atoms with van der Waals surface area (Å²) in [5.74, 6) is -0.563. The summed E-state index contributed by atoms with van der Waals surface area (Å²) in [7, 11) is 0.